The Kier molecular flexibility index (Phi) is 5.37. The molecule has 0 aliphatic carbocycles. The van der Waals surface area contributed by atoms with Gasteiger partial charge >= 0.3 is 0 Å². The van der Waals surface area contributed by atoms with Gasteiger partial charge in [0, 0.05) is 25.6 Å². The van der Waals surface area contributed by atoms with Gasteiger partial charge in [-0.25, -0.2) is 4.98 Å². The fraction of sp³-hybridized carbons (Fsp3) is 0.600. The Labute approximate surface area is 98.7 Å². The van der Waals surface area contributed by atoms with Crippen LogP contribution in [-0.4, -0.2) is 54.3 Å². The zero-order chi connectivity index (χ0) is 12.0. The van der Waals surface area contributed by atoms with E-state index < -0.39 is 0 Å². The molecule has 1 heterocycles. The number of aliphatic hydroxyl groups is 1. The topological polar surface area (TPSA) is 62.7 Å². The van der Waals surface area contributed by atoms with Crippen molar-refractivity contribution < 1.29 is 14.6 Å². The second-order valence-electron chi connectivity index (χ2n) is 3.26. The Morgan fingerprint density at radius 1 is 1.62 bits per heavy atom. The molecule has 0 radical (unpaired) electrons. The molecule has 6 heteroatoms. The van der Waals surface area contributed by atoms with Crippen molar-refractivity contribution in [3.63, 3.8) is 0 Å². The summed E-state index contributed by atoms with van der Waals surface area (Å²) in [4.78, 5) is 17.6. The lowest BCUT2D eigenvalue weighted by Crippen LogP contribution is -2.36. The highest BCUT2D eigenvalue weighted by molar-refractivity contribution is 7.09. The minimum atomic E-state index is -0.157. The first-order chi connectivity index (χ1) is 7.69. The van der Waals surface area contributed by atoms with E-state index in [2.05, 4.69) is 4.98 Å². The van der Waals surface area contributed by atoms with Crippen molar-refractivity contribution in [2.24, 2.45) is 0 Å². The van der Waals surface area contributed by atoms with E-state index in [-0.39, 0.29) is 12.5 Å². The highest BCUT2D eigenvalue weighted by atomic mass is 32.1. The predicted octanol–water partition coefficient (Wildman–Crippen LogP) is 0.532. The molecule has 0 fully saturated rings. The van der Waals surface area contributed by atoms with E-state index in [0.717, 1.165) is 5.01 Å². The molecule has 1 aromatic heterocycles. The number of aliphatic hydroxyl groups excluding tert-OH is 1. The molecular formula is C10H16N2O3S. The Morgan fingerprint density at radius 2 is 2.38 bits per heavy atom. The molecule has 0 bridgehead atoms. The van der Waals surface area contributed by atoms with Crippen LogP contribution in [0.2, 0.25) is 0 Å². The van der Waals surface area contributed by atoms with Gasteiger partial charge in [0.25, 0.3) is 5.91 Å². The van der Waals surface area contributed by atoms with Gasteiger partial charge in [0.1, 0.15) is 5.69 Å². The van der Waals surface area contributed by atoms with Gasteiger partial charge in [0.2, 0.25) is 0 Å². The van der Waals surface area contributed by atoms with Crippen LogP contribution in [0, 0.1) is 6.92 Å². The molecule has 1 N–H and O–H groups in total. The van der Waals surface area contributed by atoms with Crippen molar-refractivity contribution >= 4 is 17.2 Å². The second kappa shape index (κ2) is 6.57. The van der Waals surface area contributed by atoms with Crippen LogP contribution in [-0.2, 0) is 4.74 Å². The van der Waals surface area contributed by atoms with Crippen molar-refractivity contribution in [1.82, 2.24) is 9.88 Å². The molecular weight excluding hydrogens is 228 g/mol. The zero-order valence-electron chi connectivity index (χ0n) is 9.47. The molecule has 0 saturated carbocycles. The molecule has 0 atom stereocenters. The number of thiazole rings is 1. The summed E-state index contributed by atoms with van der Waals surface area (Å²) < 4.78 is 4.92. The lowest BCUT2D eigenvalue weighted by Gasteiger charge is -2.20. The normalized spacial score (nSPS) is 10.4. The van der Waals surface area contributed by atoms with Crippen LogP contribution >= 0.6 is 11.3 Å². The number of aromatic nitrogens is 1. The first-order valence-corrected chi connectivity index (χ1v) is 5.88. The number of carbonyl (C=O) groups excluding carboxylic acids is 1. The van der Waals surface area contributed by atoms with Crippen LogP contribution in [0.4, 0.5) is 0 Å². The average Bonchev–Trinajstić information content (AvgIpc) is 2.70. The summed E-state index contributed by atoms with van der Waals surface area (Å²) in [5, 5.41) is 11.5. The Bertz CT molecular complexity index is 341. The molecule has 16 heavy (non-hydrogen) atoms. The monoisotopic (exact) mass is 244 g/mol. The van der Waals surface area contributed by atoms with Gasteiger partial charge in [0.15, 0.2) is 0 Å². The first kappa shape index (κ1) is 13.1. The SMILES string of the molecule is COCCN(CCO)C(=O)c1csc(C)n1. The third kappa shape index (κ3) is 3.55. The summed E-state index contributed by atoms with van der Waals surface area (Å²) in [6.45, 7) is 3.02. The maximum absolute atomic E-state index is 12.0. The van der Waals surface area contributed by atoms with E-state index in [4.69, 9.17) is 9.84 Å². The fourth-order valence-corrected chi connectivity index (χ4v) is 1.85. The van der Waals surface area contributed by atoms with Gasteiger partial charge in [-0.3, -0.25) is 4.79 Å². The number of ether oxygens (including phenoxy) is 1. The van der Waals surface area contributed by atoms with Crippen molar-refractivity contribution in [2.45, 2.75) is 6.92 Å². The Balaban J connectivity index is 2.66. The standard InChI is InChI=1S/C10H16N2O3S/c1-8-11-9(7-16-8)10(14)12(3-5-13)4-6-15-2/h7,13H,3-6H2,1-2H3. The first-order valence-electron chi connectivity index (χ1n) is 5.00. The van der Waals surface area contributed by atoms with Crippen molar-refractivity contribution in [3.05, 3.63) is 16.1 Å². The van der Waals surface area contributed by atoms with Crippen molar-refractivity contribution in [2.75, 3.05) is 33.4 Å². The molecule has 90 valence electrons. The summed E-state index contributed by atoms with van der Waals surface area (Å²) in [6, 6.07) is 0. The van der Waals surface area contributed by atoms with Gasteiger partial charge < -0.3 is 14.7 Å². The van der Waals surface area contributed by atoms with Gasteiger partial charge in [-0.1, -0.05) is 0 Å². The molecule has 0 aliphatic heterocycles. The second-order valence-corrected chi connectivity index (χ2v) is 4.32. The Morgan fingerprint density at radius 3 is 2.88 bits per heavy atom. The molecule has 1 aromatic rings. The number of amides is 1. The van der Waals surface area contributed by atoms with Gasteiger partial charge in [-0.2, -0.15) is 0 Å². The van der Waals surface area contributed by atoms with Gasteiger partial charge in [-0.05, 0) is 6.92 Å². The Hall–Kier alpha value is -0.980. The largest absolute Gasteiger partial charge is 0.395 e. The van der Waals surface area contributed by atoms with Crippen LogP contribution in [0.15, 0.2) is 5.38 Å². The minimum Gasteiger partial charge on any atom is -0.395 e. The van der Waals surface area contributed by atoms with Crippen LogP contribution in [0.3, 0.4) is 0 Å². The molecule has 0 saturated heterocycles. The number of hydrogen-bond acceptors (Lipinski definition) is 5. The third-order valence-corrected chi connectivity index (χ3v) is 2.83. The minimum absolute atomic E-state index is 0.0570. The number of rotatable bonds is 6. The summed E-state index contributed by atoms with van der Waals surface area (Å²) in [5.74, 6) is -0.157. The van der Waals surface area contributed by atoms with Crippen molar-refractivity contribution in [1.29, 1.82) is 0 Å². The molecule has 0 unspecified atom stereocenters. The lowest BCUT2D eigenvalue weighted by molar-refractivity contribution is 0.0651. The summed E-state index contributed by atoms with van der Waals surface area (Å²) in [6.07, 6.45) is 0. The summed E-state index contributed by atoms with van der Waals surface area (Å²) in [5.41, 5.74) is 0.437. The average molecular weight is 244 g/mol. The highest BCUT2D eigenvalue weighted by Crippen LogP contribution is 2.10. The fourth-order valence-electron chi connectivity index (χ4n) is 1.26. The van der Waals surface area contributed by atoms with E-state index in [1.54, 1.807) is 12.5 Å². The zero-order valence-corrected chi connectivity index (χ0v) is 10.3. The smallest absolute Gasteiger partial charge is 0.273 e. The van der Waals surface area contributed by atoms with E-state index in [0.29, 0.717) is 25.4 Å². The molecule has 5 nitrogen and oxygen atoms in total. The van der Waals surface area contributed by atoms with Crippen LogP contribution in [0.5, 0.6) is 0 Å². The van der Waals surface area contributed by atoms with E-state index >= 15 is 0 Å². The maximum Gasteiger partial charge on any atom is 0.273 e. The van der Waals surface area contributed by atoms with Gasteiger partial charge in [0.05, 0.1) is 18.2 Å². The number of carbonyl (C=O) groups is 1. The van der Waals surface area contributed by atoms with E-state index in [1.165, 1.54) is 16.2 Å². The molecule has 0 spiro atoms. The summed E-state index contributed by atoms with van der Waals surface area (Å²) >= 11 is 1.44. The van der Waals surface area contributed by atoms with Crippen molar-refractivity contribution in [3.8, 4) is 0 Å². The third-order valence-electron chi connectivity index (χ3n) is 2.06. The van der Waals surface area contributed by atoms with Gasteiger partial charge in [-0.15, -0.1) is 11.3 Å². The lowest BCUT2D eigenvalue weighted by atomic mass is 10.3. The maximum atomic E-state index is 12.0. The number of hydrogen-bond donors (Lipinski definition) is 1. The number of nitrogens with zero attached hydrogens (tertiary/aromatic N) is 2. The predicted molar refractivity (Wildman–Crippen MR) is 61.7 cm³/mol. The molecule has 0 aliphatic rings. The van der Waals surface area contributed by atoms with E-state index in [1.807, 2.05) is 6.92 Å². The van der Waals surface area contributed by atoms with E-state index in [9.17, 15) is 4.79 Å². The van der Waals surface area contributed by atoms with Crippen LogP contribution in [0.1, 0.15) is 15.5 Å². The van der Waals surface area contributed by atoms with Crippen LogP contribution in [0.25, 0.3) is 0 Å². The van der Waals surface area contributed by atoms with Crippen LogP contribution < -0.4 is 0 Å². The molecule has 1 rings (SSSR count). The molecule has 1 amide bonds. The number of methoxy groups -OCH3 is 1. The molecule has 0 aromatic carbocycles. The summed E-state index contributed by atoms with van der Waals surface area (Å²) in [7, 11) is 1.58. The quantitative estimate of drug-likeness (QED) is 0.793. The highest BCUT2D eigenvalue weighted by Gasteiger charge is 2.17. The number of aryl methyl sites for hydroxylation is 1.